The van der Waals surface area contributed by atoms with Gasteiger partial charge in [0.05, 0.1) is 12.2 Å². The maximum Gasteiger partial charge on any atom is 0.418 e. The highest BCUT2D eigenvalue weighted by Gasteiger charge is 2.33. The third kappa shape index (κ3) is 4.05. The number of hydrogen-bond donors (Lipinski definition) is 1. The first-order valence-corrected chi connectivity index (χ1v) is 7.06. The molecule has 1 aromatic rings. The predicted molar refractivity (Wildman–Crippen MR) is 72.5 cm³/mol. The molecule has 0 saturated heterocycles. The summed E-state index contributed by atoms with van der Waals surface area (Å²) in [5.74, 6) is 0.891. The summed E-state index contributed by atoms with van der Waals surface area (Å²) in [5.41, 5.74) is 4.25. The van der Waals surface area contributed by atoms with Crippen molar-refractivity contribution in [1.29, 1.82) is 0 Å². The van der Waals surface area contributed by atoms with Crippen LogP contribution in [0, 0.1) is 5.92 Å². The average molecular weight is 287 g/mol. The van der Waals surface area contributed by atoms with E-state index in [2.05, 4.69) is 0 Å². The molecular formula is C15H20F3NO. The molecule has 5 heteroatoms. The number of ether oxygens (including phenoxy) is 1. The molecule has 20 heavy (non-hydrogen) atoms. The highest BCUT2D eigenvalue weighted by Crippen LogP contribution is 2.35. The molecule has 0 spiro atoms. The lowest BCUT2D eigenvalue weighted by atomic mass is 9.87. The molecule has 0 aromatic heterocycles. The van der Waals surface area contributed by atoms with E-state index in [1.54, 1.807) is 0 Å². The lowest BCUT2D eigenvalue weighted by Gasteiger charge is -2.21. The molecule has 1 aliphatic rings. The number of anilines is 1. The first-order valence-electron chi connectivity index (χ1n) is 7.06. The standard InChI is InChI=1S/C15H20F3NO/c16-15(17,18)13-10-12(6-7-14(13)19)20-9-8-11-4-2-1-3-5-11/h6-7,10-11H,1-5,8-9,19H2. The van der Waals surface area contributed by atoms with Crippen LogP contribution in [0.25, 0.3) is 0 Å². The molecule has 1 aromatic carbocycles. The van der Waals surface area contributed by atoms with Crippen LogP contribution >= 0.6 is 0 Å². The molecule has 0 amide bonds. The van der Waals surface area contributed by atoms with Crippen molar-refractivity contribution < 1.29 is 17.9 Å². The zero-order chi connectivity index (χ0) is 14.6. The van der Waals surface area contributed by atoms with Gasteiger partial charge in [-0.3, -0.25) is 0 Å². The molecule has 2 N–H and O–H groups in total. The van der Waals surface area contributed by atoms with Crippen molar-refractivity contribution in [2.45, 2.75) is 44.7 Å². The molecule has 0 aliphatic heterocycles. The SMILES string of the molecule is Nc1ccc(OCCC2CCCCC2)cc1C(F)(F)F. The fraction of sp³-hybridized carbons (Fsp3) is 0.600. The van der Waals surface area contributed by atoms with Crippen LogP contribution in [0.5, 0.6) is 5.75 Å². The summed E-state index contributed by atoms with van der Waals surface area (Å²) in [6.07, 6.45) is 2.69. The Balaban J connectivity index is 1.89. The lowest BCUT2D eigenvalue weighted by molar-refractivity contribution is -0.137. The summed E-state index contributed by atoms with van der Waals surface area (Å²) in [5, 5.41) is 0. The van der Waals surface area contributed by atoms with Crippen molar-refractivity contribution in [1.82, 2.24) is 0 Å². The Kier molecular flexibility index (Phi) is 4.78. The Morgan fingerprint density at radius 1 is 1.15 bits per heavy atom. The summed E-state index contributed by atoms with van der Waals surface area (Å²) in [6, 6.07) is 3.72. The fourth-order valence-electron chi connectivity index (χ4n) is 2.69. The van der Waals surface area contributed by atoms with Gasteiger partial charge in [0, 0.05) is 5.69 Å². The van der Waals surface area contributed by atoms with Gasteiger partial charge in [-0.1, -0.05) is 32.1 Å². The van der Waals surface area contributed by atoms with Crippen molar-refractivity contribution in [3.8, 4) is 5.75 Å². The molecule has 0 atom stereocenters. The average Bonchev–Trinajstić information content (AvgIpc) is 2.40. The minimum Gasteiger partial charge on any atom is -0.494 e. The molecule has 1 saturated carbocycles. The number of hydrogen-bond acceptors (Lipinski definition) is 2. The van der Waals surface area contributed by atoms with E-state index in [1.807, 2.05) is 0 Å². The van der Waals surface area contributed by atoms with E-state index in [4.69, 9.17) is 10.5 Å². The van der Waals surface area contributed by atoms with E-state index in [1.165, 1.54) is 44.2 Å². The van der Waals surface area contributed by atoms with Gasteiger partial charge < -0.3 is 10.5 Å². The van der Waals surface area contributed by atoms with Crippen LogP contribution in [0.4, 0.5) is 18.9 Å². The van der Waals surface area contributed by atoms with E-state index < -0.39 is 11.7 Å². The third-order valence-electron chi connectivity index (χ3n) is 3.85. The summed E-state index contributed by atoms with van der Waals surface area (Å²) in [4.78, 5) is 0. The summed E-state index contributed by atoms with van der Waals surface area (Å²) < 4.78 is 43.6. The minimum absolute atomic E-state index is 0.238. The summed E-state index contributed by atoms with van der Waals surface area (Å²) in [7, 11) is 0. The van der Waals surface area contributed by atoms with Gasteiger partial charge in [0.2, 0.25) is 0 Å². The first kappa shape index (κ1) is 15.0. The molecule has 1 fully saturated rings. The van der Waals surface area contributed by atoms with Crippen molar-refractivity contribution in [3.63, 3.8) is 0 Å². The van der Waals surface area contributed by atoms with E-state index >= 15 is 0 Å². The van der Waals surface area contributed by atoms with Gasteiger partial charge in [-0.25, -0.2) is 0 Å². The van der Waals surface area contributed by atoms with Gasteiger partial charge in [0.25, 0.3) is 0 Å². The van der Waals surface area contributed by atoms with Crippen LogP contribution in [0.15, 0.2) is 18.2 Å². The van der Waals surface area contributed by atoms with Gasteiger partial charge in [-0.05, 0) is 30.5 Å². The second-order valence-corrected chi connectivity index (χ2v) is 5.39. The van der Waals surface area contributed by atoms with Gasteiger partial charge >= 0.3 is 6.18 Å². The minimum atomic E-state index is -4.44. The molecule has 0 radical (unpaired) electrons. The van der Waals surface area contributed by atoms with Crippen LogP contribution in [-0.2, 0) is 6.18 Å². The van der Waals surface area contributed by atoms with Crippen LogP contribution < -0.4 is 10.5 Å². The van der Waals surface area contributed by atoms with Crippen LogP contribution in [0.1, 0.15) is 44.1 Å². The Morgan fingerprint density at radius 3 is 2.50 bits per heavy atom. The Labute approximate surface area is 117 Å². The Hall–Kier alpha value is -1.39. The molecule has 112 valence electrons. The number of rotatable bonds is 4. The van der Waals surface area contributed by atoms with Crippen molar-refractivity contribution >= 4 is 5.69 Å². The number of benzene rings is 1. The van der Waals surface area contributed by atoms with Gasteiger partial charge in [-0.15, -0.1) is 0 Å². The van der Waals surface area contributed by atoms with E-state index in [-0.39, 0.29) is 11.4 Å². The Morgan fingerprint density at radius 2 is 1.85 bits per heavy atom. The number of nitrogens with two attached hydrogens (primary N) is 1. The number of alkyl halides is 3. The van der Waals surface area contributed by atoms with Gasteiger partial charge in [0.15, 0.2) is 0 Å². The highest BCUT2D eigenvalue weighted by atomic mass is 19.4. The van der Waals surface area contributed by atoms with Crippen LogP contribution in [0.2, 0.25) is 0 Å². The second kappa shape index (κ2) is 6.37. The zero-order valence-electron chi connectivity index (χ0n) is 11.4. The maximum absolute atomic E-state index is 12.7. The summed E-state index contributed by atoms with van der Waals surface area (Å²) in [6.45, 7) is 0.464. The fourth-order valence-corrected chi connectivity index (χ4v) is 2.69. The molecule has 1 aliphatic carbocycles. The summed E-state index contributed by atoms with van der Waals surface area (Å²) >= 11 is 0. The predicted octanol–water partition coefficient (Wildman–Crippen LogP) is 4.64. The highest BCUT2D eigenvalue weighted by molar-refractivity contribution is 5.51. The smallest absolute Gasteiger partial charge is 0.418 e. The molecule has 2 rings (SSSR count). The topological polar surface area (TPSA) is 35.2 Å². The van der Waals surface area contributed by atoms with E-state index in [0.29, 0.717) is 12.5 Å². The third-order valence-corrected chi connectivity index (χ3v) is 3.85. The number of halogens is 3. The van der Waals surface area contributed by atoms with E-state index in [0.717, 1.165) is 12.5 Å². The largest absolute Gasteiger partial charge is 0.494 e. The Bertz CT molecular complexity index is 439. The molecule has 0 unspecified atom stereocenters. The van der Waals surface area contributed by atoms with Crippen molar-refractivity contribution in [2.75, 3.05) is 12.3 Å². The molecule has 0 bridgehead atoms. The van der Waals surface area contributed by atoms with Gasteiger partial charge in [-0.2, -0.15) is 13.2 Å². The monoisotopic (exact) mass is 287 g/mol. The number of nitrogen functional groups attached to an aromatic ring is 1. The lowest BCUT2D eigenvalue weighted by Crippen LogP contribution is -2.12. The molecule has 0 heterocycles. The normalized spacial score (nSPS) is 17.1. The van der Waals surface area contributed by atoms with Crippen molar-refractivity contribution in [3.05, 3.63) is 23.8 Å². The van der Waals surface area contributed by atoms with E-state index in [9.17, 15) is 13.2 Å². The van der Waals surface area contributed by atoms with Gasteiger partial charge in [0.1, 0.15) is 5.75 Å². The molecular weight excluding hydrogens is 267 g/mol. The molecule has 2 nitrogen and oxygen atoms in total. The van der Waals surface area contributed by atoms with Crippen LogP contribution in [-0.4, -0.2) is 6.61 Å². The first-order chi connectivity index (χ1) is 9.47. The second-order valence-electron chi connectivity index (χ2n) is 5.39. The zero-order valence-corrected chi connectivity index (χ0v) is 11.4. The van der Waals surface area contributed by atoms with Crippen LogP contribution in [0.3, 0.4) is 0 Å². The van der Waals surface area contributed by atoms with Crippen molar-refractivity contribution in [2.24, 2.45) is 5.92 Å². The quantitative estimate of drug-likeness (QED) is 0.819. The maximum atomic E-state index is 12.7.